The molecule has 0 amide bonds. The number of primary sulfonamides is 1. The molecule has 6 heteroatoms. The molecule has 1 saturated heterocycles. The van der Waals surface area contributed by atoms with Crippen LogP contribution in [0.4, 0.5) is 11.4 Å². The standard InChI is InChI=1S/C15H23N3O2S/c16-12-8-13(10-14(9-12)21(17,19)20)18-7-3-5-11-4-1-2-6-15(11)18/h8-11,15H,1-7,16H2,(H2,17,19,20)/t11-,15-/m1/s1. The first-order chi connectivity index (χ1) is 9.95. The summed E-state index contributed by atoms with van der Waals surface area (Å²) in [6.45, 7) is 0.967. The first-order valence-electron chi connectivity index (χ1n) is 7.65. The third kappa shape index (κ3) is 3.01. The average molecular weight is 309 g/mol. The molecule has 0 bridgehead atoms. The third-order valence-electron chi connectivity index (χ3n) is 4.82. The first kappa shape index (κ1) is 14.7. The van der Waals surface area contributed by atoms with Gasteiger partial charge in [-0.2, -0.15) is 0 Å². The molecule has 2 fully saturated rings. The summed E-state index contributed by atoms with van der Waals surface area (Å²) in [6, 6.07) is 5.48. The highest BCUT2D eigenvalue weighted by Gasteiger charge is 2.33. The Morgan fingerprint density at radius 1 is 1.05 bits per heavy atom. The molecule has 3 rings (SSSR count). The predicted molar refractivity (Wildman–Crippen MR) is 84.6 cm³/mol. The van der Waals surface area contributed by atoms with Gasteiger partial charge in [0.05, 0.1) is 4.90 Å². The van der Waals surface area contributed by atoms with E-state index in [1.807, 2.05) is 6.07 Å². The zero-order chi connectivity index (χ0) is 15.0. The molecule has 1 aromatic rings. The Kier molecular flexibility index (Phi) is 3.84. The van der Waals surface area contributed by atoms with Crippen LogP contribution in [0.2, 0.25) is 0 Å². The van der Waals surface area contributed by atoms with Crippen LogP contribution in [0, 0.1) is 5.92 Å². The number of sulfonamides is 1. The fourth-order valence-electron chi connectivity index (χ4n) is 3.88. The Morgan fingerprint density at radius 2 is 1.76 bits per heavy atom. The summed E-state index contributed by atoms with van der Waals surface area (Å²) in [6.07, 6.45) is 7.47. The van der Waals surface area contributed by atoms with Gasteiger partial charge in [-0.15, -0.1) is 0 Å². The normalized spacial score (nSPS) is 26.4. The average Bonchev–Trinajstić information content (AvgIpc) is 2.45. The minimum absolute atomic E-state index is 0.107. The van der Waals surface area contributed by atoms with E-state index in [1.54, 1.807) is 6.07 Å². The van der Waals surface area contributed by atoms with Crippen molar-refractivity contribution in [2.75, 3.05) is 17.2 Å². The van der Waals surface area contributed by atoms with E-state index in [0.29, 0.717) is 11.7 Å². The number of hydrogen-bond donors (Lipinski definition) is 2. The van der Waals surface area contributed by atoms with Gasteiger partial charge in [-0.3, -0.25) is 0 Å². The zero-order valence-electron chi connectivity index (χ0n) is 12.2. The molecular weight excluding hydrogens is 286 g/mol. The SMILES string of the molecule is Nc1cc(N2CCC[C@H]3CCCC[C@H]32)cc(S(N)(=O)=O)c1. The highest BCUT2D eigenvalue weighted by atomic mass is 32.2. The van der Waals surface area contributed by atoms with Gasteiger partial charge in [0.25, 0.3) is 0 Å². The van der Waals surface area contributed by atoms with Crippen LogP contribution in [0.15, 0.2) is 23.1 Å². The second-order valence-corrected chi connectivity index (χ2v) is 7.81. The van der Waals surface area contributed by atoms with Gasteiger partial charge in [0.2, 0.25) is 10.0 Å². The van der Waals surface area contributed by atoms with Gasteiger partial charge in [0.1, 0.15) is 0 Å². The van der Waals surface area contributed by atoms with Gasteiger partial charge in [0, 0.05) is 24.0 Å². The fraction of sp³-hybridized carbons (Fsp3) is 0.600. The summed E-state index contributed by atoms with van der Waals surface area (Å²) in [4.78, 5) is 2.45. The minimum Gasteiger partial charge on any atom is -0.399 e. The molecule has 1 aliphatic carbocycles. The van der Waals surface area contributed by atoms with Crippen molar-refractivity contribution in [3.05, 3.63) is 18.2 Å². The zero-order valence-corrected chi connectivity index (χ0v) is 13.0. The highest BCUT2D eigenvalue weighted by Crippen LogP contribution is 2.38. The van der Waals surface area contributed by atoms with E-state index in [-0.39, 0.29) is 4.90 Å². The second-order valence-electron chi connectivity index (χ2n) is 6.25. The van der Waals surface area contributed by atoms with E-state index in [2.05, 4.69) is 4.90 Å². The topological polar surface area (TPSA) is 89.4 Å². The molecule has 1 aliphatic heterocycles. The molecule has 1 heterocycles. The Labute approximate surface area is 126 Å². The van der Waals surface area contributed by atoms with Crippen molar-refractivity contribution in [1.29, 1.82) is 0 Å². The Morgan fingerprint density at radius 3 is 2.52 bits per heavy atom. The molecule has 0 aromatic heterocycles. The maximum atomic E-state index is 11.6. The number of rotatable bonds is 2. The lowest BCUT2D eigenvalue weighted by atomic mass is 9.78. The lowest BCUT2D eigenvalue weighted by Crippen LogP contribution is -2.47. The quantitative estimate of drug-likeness (QED) is 0.818. The number of anilines is 2. The van der Waals surface area contributed by atoms with Gasteiger partial charge >= 0.3 is 0 Å². The van der Waals surface area contributed by atoms with Gasteiger partial charge in [-0.05, 0) is 49.8 Å². The number of nitrogens with two attached hydrogens (primary N) is 2. The molecule has 5 nitrogen and oxygen atoms in total. The number of hydrogen-bond acceptors (Lipinski definition) is 4. The van der Waals surface area contributed by atoms with Crippen molar-refractivity contribution in [2.45, 2.75) is 49.5 Å². The maximum Gasteiger partial charge on any atom is 0.238 e. The van der Waals surface area contributed by atoms with E-state index >= 15 is 0 Å². The maximum absolute atomic E-state index is 11.6. The Hall–Kier alpha value is -1.27. The lowest BCUT2D eigenvalue weighted by Gasteiger charge is -2.45. The molecule has 0 spiro atoms. The van der Waals surface area contributed by atoms with Crippen molar-refractivity contribution in [3.63, 3.8) is 0 Å². The molecule has 21 heavy (non-hydrogen) atoms. The molecule has 4 N–H and O–H groups in total. The van der Waals surface area contributed by atoms with Crippen molar-refractivity contribution < 1.29 is 8.42 Å². The molecule has 116 valence electrons. The summed E-state index contributed by atoms with van der Waals surface area (Å²) in [5, 5.41) is 5.25. The van der Waals surface area contributed by atoms with Crippen molar-refractivity contribution in [3.8, 4) is 0 Å². The van der Waals surface area contributed by atoms with Crippen LogP contribution in [0.3, 0.4) is 0 Å². The molecular formula is C15H23N3O2S. The van der Waals surface area contributed by atoms with Gasteiger partial charge in [-0.25, -0.2) is 13.6 Å². The van der Waals surface area contributed by atoms with Crippen LogP contribution >= 0.6 is 0 Å². The first-order valence-corrected chi connectivity index (χ1v) is 9.20. The summed E-state index contributed by atoms with van der Waals surface area (Å²) in [5.74, 6) is 0.729. The smallest absolute Gasteiger partial charge is 0.238 e. The number of piperidine rings is 1. The van der Waals surface area contributed by atoms with Crippen molar-refractivity contribution in [1.82, 2.24) is 0 Å². The Bertz CT molecular complexity index is 628. The molecule has 0 unspecified atom stereocenters. The monoisotopic (exact) mass is 309 g/mol. The van der Waals surface area contributed by atoms with E-state index < -0.39 is 10.0 Å². The van der Waals surface area contributed by atoms with E-state index in [1.165, 1.54) is 38.2 Å². The van der Waals surface area contributed by atoms with Crippen LogP contribution < -0.4 is 15.8 Å². The summed E-state index contributed by atoms with van der Waals surface area (Å²) in [5.41, 5.74) is 7.24. The molecule has 1 saturated carbocycles. The number of fused-ring (bicyclic) bond motifs is 1. The van der Waals surface area contributed by atoms with Crippen LogP contribution in [0.25, 0.3) is 0 Å². The molecule has 2 atom stereocenters. The summed E-state index contributed by atoms with van der Waals surface area (Å²) >= 11 is 0. The third-order valence-corrected chi connectivity index (χ3v) is 5.71. The van der Waals surface area contributed by atoms with Crippen LogP contribution in [-0.4, -0.2) is 21.0 Å². The highest BCUT2D eigenvalue weighted by molar-refractivity contribution is 7.89. The second kappa shape index (κ2) is 5.50. The largest absolute Gasteiger partial charge is 0.399 e. The van der Waals surface area contributed by atoms with E-state index in [4.69, 9.17) is 10.9 Å². The summed E-state index contributed by atoms with van der Waals surface area (Å²) < 4.78 is 23.2. The van der Waals surface area contributed by atoms with Crippen LogP contribution in [0.5, 0.6) is 0 Å². The van der Waals surface area contributed by atoms with E-state index in [9.17, 15) is 8.42 Å². The molecule has 2 aliphatic rings. The van der Waals surface area contributed by atoms with Gasteiger partial charge in [-0.1, -0.05) is 12.8 Å². The number of nitrogen functional groups attached to an aromatic ring is 1. The predicted octanol–water partition coefficient (Wildman–Crippen LogP) is 2.08. The van der Waals surface area contributed by atoms with Gasteiger partial charge < -0.3 is 10.6 Å². The van der Waals surface area contributed by atoms with Crippen molar-refractivity contribution in [2.24, 2.45) is 11.1 Å². The van der Waals surface area contributed by atoms with Crippen LogP contribution in [-0.2, 0) is 10.0 Å². The number of benzene rings is 1. The fourth-order valence-corrected chi connectivity index (χ4v) is 4.47. The number of nitrogens with zero attached hydrogens (tertiary/aromatic N) is 1. The molecule has 1 aromatic carbocycles. The lowest BCUT2D eigenvalue weighted by molar-refractivity contribution is 0.244. The van der Waals surface area contributed by atoms with E-state index in [0.717, 1.165) is 24.6 Å². The summed E-state index contributed by atoms with van der Waals surface area (Å²) in [7, 11) is -3.72. The minimum atomic E-state index is -3.72. The molecule has 0 radical (unpaired) electrons. The Balaban J connectivity index is 1.97. The van der Waals surface area contributed by atoms with Crippen molar-refractivity contribution >= 4 is 21.4 Å². The van der Waals surface area contributed by atoms with Gasteiger partial charge in [0.15, 0.2) is 0 Å². The van der Waals surface area contributed by atoms with Crippen LogP contribution in [0.1, 0.15) is 38.5 Å².